The first-order valence-electron chi connectivity index (χ1n) is 11.7. The second kappa shape index (κ2) is 11.0. The number of hydrogen-bond donors (Lipinski definition) is 3. The van der Waals surface area contributed by atoms with Gasteiger partial charge in [-0.1, -0.05) is 40.9 Å². The van der Waals surface area contributed by atoms with Crippen molar-refractivity contribution < 1.29 is 9.59 Å². The lowest BCUT2D eigenvalue weighted by Gasteiger charge is -2.18. The summed E-state index contributed by atoms with van der Waals surface area (Å²) in [4.78, 5) is 25.5. The van der Waals surface area contributed by atoms with E-state index in [4.69, 9.17) is 11.6 Å². The molecule has 2 amide bonds. The fourth-order valence-corrected chi connectivity index (χ4v) is 4.78. The van der Waals surface area contributed by atoms with E-state index in [1.54, 1.807) is 25.1 Å². The van der Waals surface area contributed by atoms with Gasteiger partial charge in [-0.2, -0.15) is 0 Å². The van der Waals surface area contributed by atoms with Crippen molar-refractivity contribution in [3.8, 4) is 5.69 Å². The SMILES string of the molecule is Cc1cc(C)cc(C[C@@H]2CN[C@@H](C(=O)N[C@@H](C)C(=O)NCc3cc(Cl)ccc3-n3cnnn3)C2)c1. The summed E-state index contributed by atoms with van der Waals surface area (Å²) in [5.41, 5.74) is 5.26. The molecular weight excluding hydrogens is 466 g/mol. The Morgan fingerprint density at radius 1 is 1.20 bits per heavy atom. The normalized spacial score (nSPS) is 18.3. The topological polar surface area (TPSA) is 114 Å². The third-order valence-electron chi connectivity index (χ3n) is 6.19. The summed E-state index contributed by atoms with van der Waals surface area (Å²) < 4.78 is 1.50. The van der Waals surface area contributed by atoms with Gasteiger partial charge in [0.1, 0.15) is 12.4 Å². The highest BCUT2D eigenvalue weighted by molar-refractivity contribution is 6.30. The first kappa shape index (κ1) is 24.8. The van der Waals surface area contributed by atoms with E-state index in [2.05, 4.69) is 63.5 Å². The Morgan fingerprint density at radius 3 is 2.69 bits per heavy atom. The number of carbonyl (C=O) groups excluding carboxylic acids is 2. The van der Waals surface area contributed by atoms with Crippen LogP contribution >= 0.6 is 11.6 Å². The van der Waals surface area contributed by atoms with Gasteiger partial charge in [0, 0.05) is 11.6 Å². The predicted molar refractivity (Wildman–Crippen MR) is 133 cm³/mol. The van der Waals surface area contributed by atoms with Crippen molar-refractivity contribution in [1.82, 2.24) is 36.2 Å². The lowest BCUT2D eigenvalue weighted by atomic mass is 9.94. The molecule has 35 heavy (non-hydrogen) atoms. The molecule has 1 saturated heterocycles. The molecule has 3 atom stereocenters. The fourth-order valence-electron chi connectivity index (χ4n) is 4.59. The second-order valence-corrected chi connectivity index (χ2v) is 9.67. The van der Waals surface area contributed by atoms with Crippen molar-refractivity contribution in [1.29, 1.82) is 0 Å². The van der Waals surface area contributed by atoms with Crippen LogP contribution in [0.4, 0.5) is 0 Å². The Hall–Kier alpha value is -3.30. The zero-order chi connectivity index (χ0) is 24.9. The van der Waals surface area contributed by atoms with Crippen molar-refractivity contribution in [2.45, 2.75) is 52.2 Å². The molecule has 4 rings (SSSR count). The number of aromatic nitrogens is 4. The zero-order valence-corrected chi connectivity index (χ0v) is 20.8. The van der Waals surface area contributed by atoms with Crippen LogP contribution in [0, 0.1) is 19.8 Å². The molecule has 9 nitrogen and oxygen atoms in total. The first-order chi connectivity index (χ1) is 16.8. The first-order valence-corrected chi connectivity index (χ1v) is 12.1. The van der Waals surface area contributed by atoms with E-state index in [9.17, 15) is 9.59 Å². The van der Waals surface area contributed by atoms with Crippen molar-refractivity contribution in [3.05, 3.63) is 70.0 Å². The lowest BCUT2D eigenvalue weighted by Crippen LogP contribution is -2.50. The summed E-state index contributed by atoms with van der Waals surface area (Å²) in [6, 6.07) is 10.9. The van der Waals surface area contributed by atoms with Gasteiger partial charge in [-0.25, -0.2) is 4.68 Å². The Bertz CT molecular complexity index is 1180. The Kier molecular flexibility index (Phi) is 7.77. The van der Waals surface area contributed by atoms with Gasteiger partial charge >= 0.3 is 0 Å². The van der Waals surface area contributed by atoms with Crippen LogP contribution in [0.1, 0.15) is 35.6 Å². The number of carbonyl (C=O) groups is 2. The Labute approximate surface area is 209 Å². The number of hydrogen-bond acceptors (Lipinski definition) is 6. The van der Waals surface area contributed by atoms with Crippen LogP contribution in [0.5, 0.6) is 0 Å². The number of tetrazole rings is 1. The molecule has 184 valence electrons. The molecule has 3 aromatic rings. The van der Waals surface area contributed by atoms with Crippen molar-refractivity contribution >= 4 is 23.4 Å². The molecule has 2 heterocycles. The zero-order valence-electron chi connectivity index (χ0n) is 20.1. The molecule has 3 N–H and O–H groups in total. The second-order valence-electron chi connectivity index (χ2n) is 9.24. The molecule has 0 aliphatic carbocycles. The van der Waals surface area contributed by atoms with Crippen LogP contribution in [0.2, 0.25) is 5.02 Å². The largest absolute Gasteiger partial charge is 0.350 e. The average molecular weight is 496 g/mol. The standard InChI is InChI=1S/C25H30ClN7O2/c1-15-6-16(2)8-18(7-15)9-19-10-22(27-12-19)25(35)30-17(3)24(34)28-13-20-11-21(26)4-5-23(20)33-14-29-31-32-33/h4-8,11,14,17,19,22,27H,9-10,12-13H2,1-3H3,(H,28,34)(H,30,35)/t17-,19-,22+/m0/s1. The summed E-state index contributed by atoms with van der Waals surface area (Å²) >= 11 is 6.14. The number of nitrogens with one attached hydrogen (secondary N) is 3. The van der Waals surface area contributed by atoms with Gasteiger partial charge in [0.25, 0.3) is 0 Å². The minimum Gasteiger partial charge on any atom is -0.350 e. The van der Waals surface area contributed by atoms with E-state index in [1.807, 2.05) is 0 Å². The van der Waals surface area contributed by atoms with Gasteiger partial charge in [-0.3, -0.25) is 9.59 Å². The van der Waals surface area contributed by atoms with E-state index in [0.717, 1.165) is 24.9 Å². The smallest absolute Gasteiger partial charge is 0.242 e. The van der Waals surface area contributed by atoms with Crippen LogP contribution in [0.15, 0.2) is 42.7 Å². The maximum Gasteiger partial charge on any atom is 0.242 e. The summed E-state index contributed by atoms with van der Waals surface area (Å²) in [5.74, 6) is -0.0675. The molecule has 0 radical (unpaired) electrons. The molecular formula is C25H30ClN7O2. The molecule has 10 heteroatoms. The van der Waals surface area contributed by atoms with Crippen LogP contribution in [-0.4, -0.2) is 50.7 Å². The minimum absolute atomic E-state index is 0.160. The van der Waals surface area contributed by atoms with Crippen LogP contribution in [-0.2, 0) is 22.6 Å². The summed E-state index contributed by atoms with van der Waals surface area (Å²) in [6.45, 7) is 6.88. The maximum atomic E-state index is 12.8. The molecule has 1 aliphatic rings. The highest BCUT2D eigenvalue weighted by Crippen LogP contribution is 2.21. The fraction of sp³-hybridized carbons (Fsp3) is 0.400. The van der Waals surface area contributed by atoms with Crippen LogP contribution in [0.25, 0.3) is 5.69 Å². The quantitative estimate of drug-likeness (QED) is 0.442. The monoisotopic (exact) mass is 495 g/mol. The number of aryl methyl sites for hydroxylation is 2. The molecule has 1 fully saturated rings. The van der Waals surface area contributed by atoms with E-state index >= 15 is 0 Å². The molecule has 0 spiro atoms. The van der Waals surface area contributed by atoms with Gasteiger partial charge in [-0.05, 0) is 85.8 Å². The molecule has 0 unspecified atom stereocenters. The summed E-state index contributed by atoms with van der Waals surface area (Å²) in [7, 11) is 0. The van der Waals surface area contributed by atoms with Gasteiger partial charge in [0.15, 0.2) is 0 Å². The third-order valence-corrected chi connectivity index (χ3v) is 6.42. The third kappa shape index (κ3) is 6.43. The van der Waals surface area contributed by atoms with Gasteiger partial charge in [-0.15, -0.1) is 5.10 Å². The molecule has 0 bridgehead atoms. The predicted octanol–water partition coefficient (Wildman–Crippen LogP) is 2.27. The van der Waals surface area contributed by atoms with Crippen LogP contribution in [0.3, 0.4) is 0 Å². The average Bonchev–Trinajstić information content (AvgIpc) is 3.49. The van der Waals surface area contributed by atoms with E-state index < -0.39 is 6.04 Å². The lowest BCUT2D eigenvalue weighted by molar-refractivity contribution is -0.129. The number of benzene rings is 2. The summed E-state index contributed by atoms with van der Waals surface area (Å²) in [5, 5.41) is 20.7. The van der Waals surface area contributed by atoms with Crippen molar-refractivity contribution in [2.24, 2.45) is 5.92 Å². The highest BCUT2D eigenvalue weighted by Gasteiger charge is 2.31. The van der Waals surface area contributed by atoms with Gasteiger partial charge in [0.2, 0.25) is 11.8 Å². The minimum atomic E-state index is -0.682. The summed E-state index contributed by atoms with van der Waals surface area (Å²) in [6.07, 6.45) is 3.14. The number of amides is 2. The van der Waals surface area contributed by atoms with E-state index in [1.165, 1.54) is 27.7 Å². The molecule has 2 aromatic carbocycles. The van der Waals surface area contributed by atoms with Gasteiger partial charge in [0.05, 0.1) is 11.7 Å². The highest BCUT2D eigenvalue weighted by atomic mass is 35.5. The van der Waals surface area contributed by atoms with Gasteiger partial charge < -0.3 is 16.0 Å². The Balaban J connectivity index is 1.28. The molecule has 0 saturated carbocycles. The maximum absolute atomic E-state index is 12.8. The van der Waals surface area contributed by atoms with Crippen molar-refractivity contribution in [3.63, 3.8) is 0 Å². The number of nitrogens with zero attached hydrogens (tertiary/aromatic N) is 4. The van der Waals surface area contributed by atoms with E-state index in [-0.39, 0.29) is 24.4 Å². The Morgan fingerprint density at radius 2 is 1.97 bits per heavy atom. The molecule has 1 aromatic heterocycles. The molecule has 1 aliphatic heterocycles. The van der Waals surface area contributed by atoms with Crippen LogP contribution < -0.4 is 16.0 Å². The number of halogens is 1. The van der Waals surface area contributed by atoms with E-state index in [0.29, 0.717) is 16.6 Å². The van der Waals surface area contributed by atoms with Crippen molar-refractivity contribution in [2.75, 3.05) is 6.54 Å². The number of rotatable bonds is 8.